The maximum Gasteiger partial charge on any atom is 0.254 e. The summed E-state index contributed by atoms with van der Waals surface area (Å²) in [4.78, 5) is 14.1. The molecule has 0 bridgehead atoms. The van der Waals surface area contributed by atoms with Crippen molar-refractivity contribution in [3.8, 4) is 0 Å². The lowest BCUT2D eigenvalue weighted by Crippen LogP contribution is -2.44. The zero-order valence-corrected chi connectivity index (χ0v) is 12.2. The van der Waals surface area contributed by atoms with E-state index in [1.807, 2.05) is 0 Å². The van der Waals surface area contributed by atoms with Crippen LogP contribution in [0.3, 0.4) is 0 Å². The van der Waals surface area contributed by atoms with Crippen LogP contribution in [-0.2, 0) is 0 Å². The zero-order chi connectivity index (χ0) is 15.4. The number of rotatable bonds is 4. The van der Waals surface area contributed by atoms with Crippen molar-refractivity contribution in [2.45, 2.75) is 31.7 Å². The minimum absolute atomic E-state index is 0.0181. The van der Waals surface area contributed by atoms with Crippen molar-refractivity contribution in [2.75, 3.05) is 6.54 Å². The highest BCUT2D eigenvalue weighted by Gasteiger charge is 2.28. The van der Waals surface area contributed by atoms with Crippen LogP contribution >= 0.6 is 11.6 Å². The molecule has 5 nitrogen and oxygen atoms in total. The Morgan fingerprint density at radius 1 is 1.48 bits per heavy atom. The van der Waals surface area contributed by atoms with E-state index in [1.54, 1.807) is 0 Å². The maximum atomic E-state index is 13.5. The van der Waals surface area contributed by atoms with E-state index < -0.39 is 5.82 Å². The second kappa shape index (κ2) is 6.76. The van der Waals surface area contributed by atoms with Crippen molar-refractivity contribution in [3.05, 3.63) is 34.6 Å². The van der Waals surface area contributed by atoms with Crippen LogP contribution < -0.4 is 5.73 Å². The third-order valence-electron chi connectivity index (χ3n) is 3.65. The third kappa shape index (κ3) is 3.64. The second-order valence-electron chi connectivity index (χ2n) is 5.09. The quantitative estimate of drug-likeness (QED) is 0.388. The summed E-state index contributed by atoms with van der Waals surface area (Å²) in [6.45, 7) is 0.0181. The Morgan fingerprint density at radius 3 is 2.71 bits per heavy atom. The fraction of sp³-hybridized carbons (Fsp3) is 0.429. The van der Waals surface area contributed by atoms with Gasteiger partial charge in [0, 0.05) is 11.6 Å². The summed E-state index contributed by atoms with van der Waals surface area (Å²) >= 11 is 5.63. The molecule has 0 radical (unpaired) electrons. The normalized spacial score (nSPS) is 16.2. The summed E-state index contributed by atoms with van der Waals surface area (Å²) in [6, 6.07) is 3.96. The molecular weight excluding hydrogens is 297 g/mol. The van der Waals surface area contributed by atoms with Crippen molar-refractivity contribution in [1.82, 2.24) is 4.90 Å². The van der Waals surface area contributed by atoms with E-state index in [0.29, 0.717) is 0 Å². The summed E-state index contributed by atoms with van der Waals surface area (Å²) in [6.07, 6.45) is 3.78. The van der Waals surface area contributed by atoms with Crippen LogP contribution in [0.4, 0.5) is 4.39 Å². The fourth-order valence-electron chi connectivity index (χ4n) is 2.58. The van der Waals surface area contributed by atoms with Gasteiger partial charge in [-0.3, -0.25) is 4.79 Å². The summed E-state index contributed by atoms with van der Waals surface area (Å²) in [7, 11) is 0. The Balaban J connectivity index is 2.25. The first-order valence-corrected chi connectivity index (χ1v) is 7.13. The number of nitrogens with two attached hydrogens (primary N) is 1. The second-order valence-corrected chi connectivity index (χ2v) is 5.50. The smallest absolute Gasteiger partial charge is 0.254 e. The largest absolute Gasteiger partial charge is 0.409 e. The van der Waals surface area contributed by atoms with Gasteiger partial charge in [0.15, 0.2) is 5.84 Å². The van der Waals surface area contributed by atoms with Crippen LogP contribution in [0, 0.1) is 5.82 Å². The van der Waals surface area contributed by atoms with E-state index in [1.165, 1.54) is 17.0 Å². The predicted octanol–water partition coefficient (Wildman–Crippen LogP) is 2.61. The summed E-state index contributed by atoms with van der Waals surface area (Å²) in [5, 5.41) is 11.6. The van der Waals surface area contributed by atoms with Gasteiger partial charge in [0.25, 0.3) is 5.91 Å². The van der Waals surface area contributed by atoms with Gasteiger partial charge in [-0.1, -0.05) is 29.6 Å². The molecule has 1 aromatic rings. The highest BCUT2D eigenvalue weighted by molar-refractivity contribution is 6.30. The van der Waals surface area contributed by atoms with E-state index in [4.69, 9.17) is 22.5 Å². The first-order chi connectivity index (χ1) is 10.0. The molecular formula is C14H17ClFN3O2. The number of halogens is 2. The Kier molecular flexibility index (Phi) is 5.01. The molecule has 0 heterocycles. The van der Waals surface area contributed by atoms with Crippen molar-refractivity contribution < 1.29 is 14.4 Å². The number of carbonyl (C=O) groups is 1. The number of carbonyl (C=O) groups excluding carboxylic acids is 1. The molecule has 0 unspecified atom stereocenters. The number of benzene rings is 1. The van der Waals surface area contributed by atoms with Crippen LogP contribution in [0.2, 0.25) is 5.02 Å². The summed E-state index contributed by atoms with van der Waals surface area (Å²) in [5.74, 6) is -1.04. The van der Waals surface area contributed by atoms with E-state index in [2.05, 4.69) is 5.16 Å². The van der Waals surface area contributed by atoms with Gasteiger partial charge in [-0.05, 0) is 31.0 Å². The number of oxime groups is 1. The highest BCUT2D eigenvalue weighted by Crippen LogP contribution is 2.25. The van der Waals surface area contributed by atoms with Gasteiger partial charge in [-0.15, -0.1) is 0 Å². The molecule has 1 amide bonds. The molecule has 21 heavy (non-hydrogen) atoms. The molecule has 1 aliphatic rings. The van der Waals surface area contributed by atoms with Gasteiger partial charge in [0.1, 0.15) is 5.82 Å². The van der Waals surface area contributed by atoms with Gasteiger partial charge in [-0.2, -0.15) is 0 Å². The SMILES string of the molecule is N/C(CN(C(=O)c1ccc(Cl)c(F)c1)C1CCCC1)=N/O. The molecule has 0 aliphatic heterocycles. The van der Waals surface area contributed by atoms with Gasteiger partial charge in [-0.25, -0.2) is 4.39 Å². The predicted molar refractivity (Wildman–Crippen MR) is 78.1 cm³/mol. The molecule has 7 heteroatoms. The number of hydrogen-bond acceptors (Lipinski definition) is 3. The topological polar surface area (TPSA) is 78.9 Å². The Hall–Kier alpha value is -1.82. The molecule has 1 aromatic carbocycles. The number of nitrogens with zero attached hydrogens (tertiary/aromatic N) is 2. The lowest BCUT2D eigenvalue weighted by atomic mass is 10.1. The van der Waals surface area contributed by atoms with Crippen molar-refractivity contribution >= 4 is 23.3 Å². The Bertz CT molecular complexity index is 559. The van der Waals surface area contributed by atoms with Crippen molar-refractivity contribution in [1.29, 1.82) is 0 Å². The zero-order valence-electron chi connectivity index (χ0n) is 11.4. The molecule has 3 N–H and O–H groups in total. The number of amidine groups is 1. The molecule has 0 spiro atoms. The molecule has 0 aromatic heterocycles. The van der Waals surface area contributed by atoms with Crippen LogP contribution in [0.25, 0.3) is 0 Å². The minimum atomic E-state index is -0.641. The fourth-order valence-corrected chi connectivity index (χ4v) is 2.70. The lowest BCUT2D eigenvalue weighted by Gasteiger charge is -2.28. The van der Waals surface area contributed by atoms with Crippen molar-refractivity contribution in [3.63, 3.8) is 0 Å². The van der Waals surface area contributed by atoms with Crippen LogP contribution in [-0.4, -0.2) is 34.4 Å². The van der Waals surface area contributed by atoms with Crippen LogP contribution in [0.5, 0.6) is 0 Å². The van der Waals surface area contributed by atoms with Crippen molar-refractivity contribution in [2.24, 2.45) is 10.9 Å². The molecule has 2 rings (SSSR count). The first-order valence-electron chi connectivity index (χ1n) is 6.75. The summed E-state index contributed by atoms with van der Waals surface area (Å²) in [5.41, 5.74) is 5.73. The molecule has 0 atom stereocenters. The first kappa shape index (κ1) is 15.6. The number of amides is 1. The molecule has 1 fully saturated rings. The van der Waals surface area contributed by atoms with Crippen LogP contribution in [0.15, 0.2) is 23.4 Å². The minimum Gasteiger partial charge on any atom is -0.409 e. The van der Waals surface area contributed by atoms with E-state index in [9.17, 15) is 9.18 Å². The third-order valence-corrected chi connectivity index (χ3v) is 3.96. The van der Waals surface area contributed by atoms with Gasteiger partial charge >= 0.3 is 0 Å². The van der Waals surface area contributed by atoms with E-state index in [0.717, 1.165) is 31.7 Å². The van der Waals surface area contributed by atoms with Gasteiger partial charge in [0.2, 0.25) is 0 Å². The summed E-state index contributed by atoms with van der Waals surface area (Å²) < 4.78 is 13.5. The molecule has 0 saturated heterocycles. The maximum absolute atomic E-state index is 13.5. The number of hydrogen-bond donors (Lipinski definition) is 2. The average Bonchev–Trinajstić information content (AvgIpc) is 3.00. The van der Waals surface area contributed by atoms with Crippen LogP contribution in [0.1, 0.15) is 36.0 Å². The monoisotopic (exact) mass is 313 g/mol. The standard InChI is InChI=1S/C14H17ClFN3O2/c15-11-6-5-9(7-12(11)16)14(20)19(8-13(17)18-21)10-3-1-2-4-10/h5-7,10,21H,1-4,8H2,(H2,17,18). The Labute approximate surface area is 127 Å². The van der Waals surface area contributed by atoms with Gasteiger partial charge < -0.3 is 15.8 Å². The van der Waals surface area contributed by atoms with E-state index in [-0.39, 0.29) is 34.9 Å². The van der Waals surface area contributed by atoms with E-state index >= 15 is 0 Å². The van der Waals surface area contributed by atoms with Gasteiger partial charge in [0.05, 0.1) is 11.6 Å². The lowest BCUT2D eigenvalue weighted by molar-refractivity contribution is 0.0712. The molecule has 114 valence electrons. The average molecular weight is 314 g/mol. The highest BCUT2D eigenvalue weighted by atomic mass is 35.5. The Morgan fingerprint density at radius 2 is 2.14 bits per heavy atom. The molecule has 1 saturated carbocycles. The molecule has 1 aliphatic carbocycles.